The van der Waals surface area contributed by atoms with Gasteiger partial charge in [0, 0.05) is 18.1 Å². The molecule has 3 N–H and O–H groups in total. The zero-order valence-corrected chi connectivity index (χ0v) is 7.84. The number of nitrogens with one attached hydrogen (secondary N) is 1. The maximum atomic E-state index is 5.40. The molecule has 0 bridgehead atoms. The summed E-state index contributed by atoms with van der Waals surface area (Å²) in [6, 6.07) is 4.14. The fraction of sp³-hybridized carbons (Fsp3) is 0.375. The van der Waals surface area contributed by atoms with Gasteiger partial charge in [-0.3, -0.25) is 16.3 Å². The molecule has 0 aliphatic rings. The van der Waals surface area contributed by atoms with Crippen molar-refractivity contribution in [2.45, 2.75) is 6.04 Å². The minimum Gasteiger partial charge on any atom is -0.271 e. The quantitative estimate of drug-likeness (QED) is 0.539. The van der Waals surface area contributed by atoms with E-state index in [1.807, 2.05) is 18.3 Å². The van der Waals surface area contributed by atoms with Crippen molar-refractivity contribution in [2.75, 3.05) is 12.0 Å². The number of pyridine rings is 1. The Labute approximate surface area is 76.7 Å². The Morgan fingerprint density at radius 2 is 2.58 bits per heavy atom. The molecule has 0 fully saturated rings. The summed E-state index contributed by atoms with van der Waals surface area (Å²) in [5.74, 6) is 6.36. The number of nitrogens with two attached hydrogens (primary N) is 1. The second-order valence-electron chi connectivity index (χ2n) is 2.46. The van der Waals surface area contributed by atoms with Gasteiger partial charge in [0.15, 0.2) is 0 Å². The van der Waals surface area contributed by atoms with Gasteiger partial charge < -0.3 is 0 Å². The normalized spacial score (nSPS) is 12.8. The molecule has 0 aliphatic carbocycles. The predicted octanol–water partition coefficient (Wildman–Crippen LogP) is 0.949. The van der Waals surface area contributed by atoms with Gasteiger partial charge in [0.2, 0.25) is 0 Å². The Bertz CT molecular complexity index is 215. The standard InChI is InChI=1S/C8H13N3S/c1-12-6-8(11-9)7-3-2-4-10-5-7/h2-5,8,11H,6,9H2,1H3. The average Bonchev–Trinajstić information content (AvgIpc) is 2.15. The van der Waals surface area contributed by atoms with Crippen LogP contribution in [0.4, 0.5) is 0 Å². The highest BCUT2D eigenvalue weighted by atomic mass is 32.2. The van der Waals surface area contributed by atoms with E-state index < -0.39 is 0 Å². The summed E-state index contributed by atoms with van der Waals surface area (Å²) in [4.78, 5) is 4.03. The SMILES string of the molecule is CSCC(NN)c1cccnc1. The molecule has 0 amide bonds. The summed E-state index contributed by atoms with van der Waals surface area (Å²) in [5.41, 5.74) is 3.89. The lowest BCUT2D eigenvalue weighted by Crippen LogP contribution is -2.29. The van der Waals surface area contributed by atoms with E-state index in [9.17, 15) is 0 Å². The van der Waals surface area contributed by atoms with Crippen LogP contribution in [0, 0.1) is 0 Å². The zero-order chi connectivity index (χ0) is 8.81. The Morgan fingerprint density at radius 3 is 3.08 bits per heavy atom. The van der Waals surface area contributed by atoms with Gasteiger partial charge in [0.05, 0.1) is 6.04 Å². The molecule has 1 heterocycles. The molecule has 1 aromatic heterocycles. The summed E-state index contributed by atoms with van der Waals surface area (Å²) < 4.78 is 0. The van der Waals surface area contributed by atoms with Crippen LogP contribution in [-0.2, 0) is 0 Å². The highest BCUT2D eigenvalue weighted by molar-refractivity contribution is 7.98. The van der Waals surface area contributed by atoms with Gasteiger partial charge in [0.1, 0.15) is 0 Å². The summed E-state index contributed by atoms with van der Waals surface area (Å²) in [7, 11) is 0. The van der Waals surface area contributed by atoms with E-state index in [-0.39, 0.29) is 6.04 Å². The van der Waals surface area contributed by atoms with Gasteiger partial charge in [-0.15, -0.1) is 0 Å². The molecule has 0 aromatic carbocycles. The molecule has 1 rings (SSSR count). The molecule has 0 saturated carbocycles. The smallest absolute Gasteiger partial charge is 0.0565 e. The summed E-state index contributed by atoms with van der Waals surface area (Å²) in [6.07, 6.45) is 5.65. The fourth-order valence-electron chi connectivity index (χ4n) is 0.989. The molecule has 1 unspecified atom stereocenters. The highest BCUT2D eigenvalue weighted by Gasteiger charge is 2.07. The lowest BCUT2D eigenvalue weighted by Gasteiger charge is -2.13. The molecule has 1 aromatic rings. The largest absolute Gasteiger partial charge is 0.271 e. The van der Waals surface area contributed by atoms with Crippen LogP contribution < -0.4 is 11.3 Å². The average molecular weight is 183 g/mol. The van der Waals surface area contributed by atoms with E-state index in [1.165, 1.54) is 0 Å². The minimum atomic E-state index is 0.202. The van der Waals surface area contributed by atoms with E-state index >= 15 is 0 Å². The van der Waals surface area contributed by atoms with Crippen molar-refractivity contribution in [1.82, 2.24) is 10.4 Å². The van der Waals surface area contributed by atoms with Gasteiger partial charge in [-0.25, -0.2) is 0 Å². The van der Waals surface area contributed by atoms with Crippen LogP contribution >= 0.6 is 11.8 Å². The maximum Gasteiger partial charge on any atom is 0.0565 e. The van der Waals surface area contributed by atoms with Gasteiger partial charge >= 0.3 is 0 Å². The van der Waals surface area contributed by atoms with Crippen LogP contribution in [-0.4, -0.2) is 17.0 Å². The third kappa shape index (κ3) is 2.48. The first-order chi connectivity index (χ1) is 5.88. The van der Waals surface area contributed by atoms with E-state index in [1.54, 1.807) is 18.0 Å². The minimum absolute atomic E-state index is 0.202. The second-order valence-corrected chi connectivity index (χ2v) is 3.37. The van der Waals surface area contributed by atoms with E-state index in [0.29, 0.717) is 0 Å². The third-order valence-electron chi connectivity index (χ3n) is 1.62. The van der Waals surface area contributed by atoms with Crippen molar-refractivity contribution in [3.05, 3.63) is 30.1 Å². The van der Waals surface area contributed by atoms with Gasteiger partial charge in [-0.2, -0.15) is 11.8 Å². The molecule has 4 heteroatoms. The van der Waals surface area contributed by atoms with E-state index in [4.69, 9.17) is 5.84 Å². The van der Waals surface area contributed by atoms with Crippen molar-refractivity contribution in [2.24, 2.45) is 5.84 Å². The predicted molar refractivity (Wildman–Crippen MR) is 52.7 cm³/mol. The van der Waals surface area contributed by atoms with Gasteiger partial charge in [0.25, 0.3) is 0 Å². The summed E-state index contributed by atoms with van der Waals surface area (Å²) in [6.45, 7) is 0. The topological polar surface area (TPSA) is 50.9 Å². The molecule has 0 aliphatic heterocycles. The fourth-order valence-corrected chi connectivity index (χ4v) is 1.61. The van der Waals surface area contributed by atoms with E-state index in [0.717, 1.165) is 11.3 Å². The number of hydrogen-bond donors (Lipinski definition) is 2. The van der Waals surface area contributed by atoms with Crippen molar-refractivity contribution in [1.29, 1.82) is 0 Å². The Balaban J connectivity index is 2.66. The van der Waals surface area contributed by atoms with Crippen LogP contribution in [0.2, 0.25) is 0 Å². The lowest BCUT2D eigenvalue weighted by molar-refractivity contribution is 0.609. The third-order valence-corrected chi connectivity index (χ3v) is 2.29. The van der Waals surface area contributed by atoms with Crippen molar-refractivity contribution in [3.63, 3.8) is 0 Å². The molecular formula is C8H13N3S. The summed E-state index contributed by atoms with van der Waals surface area (Å²) in [5, 5.41) is 0. The molecule has 66 valence electrons. The van der Waals surface area contributed by atoms with Crippen molar-refractivity contribution >= 4 is 11.8 Å². The number of rotatable bonds is 4. The Kier molecular flexibility index (Phi) is 4.07. The first-order valence-corrected chi connectivity index (χ1v) is 5.13. The number of thioether (sulfide) groups is 1. The molecule has 0 radical (unpaired) electrons. The molecule has 1 atom stereocenters. The summed E-state index contributed by atoms with van der Waals surface area (Å²) >= 11 is 1.76. The monoisotopic (exact) mass is 183 g/mol. The van der Waals surface area contributed by atoms with Crippen molar-refractivity contribution in [3.8, 4) is 0 Å². The zero-order valence-electron chi connectivity index (χ0n) is 7.03. The lowest BCUT2D eigenvalue weighted by atomic mass is 10.1. The molecule has 0 saturated heterocycles. The number of aromatic nitrogens is 1. The highest BCUT2D eigenvalue weighted by Crippen LogP contribution is 2.14. The molecule has 12 heavy (non-hydrogen) atoms. The first kappa shape index (κ1) is 9.51. The first-order valence-electron chi connectivity index (χ1n) is 3.73. The Hall–Kier alpha value is -0.580. The molecule has 3 nitrogen and oxygen atoms in total. The maximum absolute atomic E-state index is 5.40. The number of hydrazine groups is 1. The van der Waals surface area contributed by atoms with Crippen LogP contribution in [0.5, 0.6) is 0 Å². The molecular weight excluding hydrogens is 170 g/mol. The molecule has 0 spiro atoms. The second kappa shape index (κ2) is 5.13. The van der Waals surface area contributed by atoms with Crippen LogP contribution in [0.15, 0.2) is 24.5 Å². The van der Waals surface area contributed by atoms with Crippen LogP contribution in [0.1, 0.15) is 11.6 Å². The van der Waals surface area contributed by atoms with E-state index in [2.05, 4.69) is 16.7 Å². The number of hydrogen-bond acceptors (Lipinski definition) is 4. The Morgan fingerprint density at radius 1 is 1.75 bits per heavy atom. The van der Waals surface area contributed by atoms with Crippen molar-refractivity contribution < 1.29 is 0 Å². The van der Waals surface area contributed by atoms with Crippen LogP contribution in [0.25, 0.3) is 0 Å². The van der Waals surface area contributed by atoms with Gasteiger partial charge in [-0.1, -0.05) is 6.07 Å². The van der Waals surface area contributed by atoms with Crippen LogP contribution in [0.3, 0.4) is 0 Å². The number of nitrogens with zero attached hydrogens (tertiary/aromatic N) is 1. The van der Waals surface area contributed by atoms with Gasteiger partial charge in [-0.05, 0) is 17.9 Å².